The molecule has 1 aromatic rings. The van der Waals surface area contributed by atoms with Crippen molar-refractivity contribution in [2.75, 3.05) is 13.7 Å². The van der Waals surface area contributed by atoms with Gasteiger partial charge in [-0.1, -0.05) is 24.8 Å². The Hall–Kier alpha value is -2.55. The molecule has 1 heterocycles. The van der Waals surface area contributed by atoms with Crippen LogP contribution >= 0.6 is 11.8 Å². The van der Waals surface area contributed by atoms with Crippen molar-refractivity contribution in [1.82, 2.24) is 5.32 Å². The average Bonchev–Trinajstić information content (AvgIpc) is 2.92. The molecule has 8 nitrogen and oxygen atoms in total. The fourth-order valence-corrected chi connectivity index (χ4v) is 2.96. The van der Waals surface area contributed by atoms with Gasteiger partial charge in [0.1, 0.15) is 5.25 Å². The Morgan fingerprint density at radius 2 is 2.28 bits per heavy atom. The summed E-state index contributed by atoms with van der Waals surface area (Å²) in [7, 11) is 1.56. The Kier molecular flexibility index (Phi) is 6.81. The maximum atomic E-state index is 11.6. The number of thioether (sulfide) groups is 1. The number of carboxylic acid groups (broad SMARTS) is 1. The summed E-state index contributed by atoms with van der Waals surface area (Å²) in [4.78, 5) is 22.3. The zero-order valence-electron chi connectivity index (χ0n) is 13.9. The second-order valence-electron chi connectivity index (χ2n) is 5.07. The number of methoxy groups -OCH3 is 1. The van der Waals surface area contributed by atoms with Gasteiger partial charge in [0, 0.05) is 5.56 Å². The van der Waals surface area contributed by atoms with E-state index in [1.807, 2.05) is 13.0 Å². The molecular formula is C16H19N3O5S. The fraction of sp³-hybridized carbons (Fsp3) is 0.375. The van der Waals surface area contributed by atoms with Crippen LogP contribution < -0.4 is 14.8 Å². The number of carboxylic acids is 1. The Bertz CT molecular complexity index is 705. The molecule has 0 aromatic heterocycles. The van der Waals surface area contributed by atoms with E-state index < -0.39 is 11.2 Å². The third-order valence-electron chi connectivity index (χ3n) is 3.16. The number of carbonyl (C=O) groups is 2. The summed E-state index contributed by atoms with van der Waals surface area (Å²) in [6.07, 6.45) is 2.09. The molecule has 9 heteroatoms. The first-order valence-corrected chi connectivity index (χ1v) is 8.53. The third-order valence-corrected chi connectivity index (χ3v) is 4.23. The first kappa shape index (κ1) is 18.8. The number of hydrogen-bond acceptors (Lipinski definition) is 7. The van der Waals surface area contributed by atoms with E-state index in [9.17, 15) is 9.59 Å². The molecule has 0 bridgehead atoms. The van der Waals surface area contributed by atoms with Crippen molar-refractivity contribution in [2.45, 2.75) is 25.0 Å². The zero-order chi connectivity index (χ0) is 18.2. The Morgan fingerprint density at radius 1 is 1.48 bits per heavy atom. The molecule has 0 aliphatic carbocycles. The maximum Gasteiger partial charge on any atom is 0.305 e. The molecule has 1 aliphatic heterocycles. The third kappa shape index (κ3) is 5.21. The summed E-state index contributed by atoms with van der Waals surface area (Å²) in [5, 5.41) is 18.7. The smallest absolute Gasteiger partial charge is 0.305 e. The minimum absolute atomic E-state index is 0.260. The van der Waals surface area contributed by atoms with Crippen molar-refractivity contribution in [3.8, 4) is 11.5 Å². The normalized spacial score (nSPS) is 18.6. The van der Waals surface area contributed by atoms with Gasteiger partial charge in [0.25, 0.3) is 0 Å². The van der Waals surface area contributed by atoms with Crippen molar-refractivity contribution in [3.63, 3.8) is 0 Å². The molecule has 134 valence electrons. The molecule has 0 radical (unpaired) electrons. The Balaban J connectivity index is 2.11. The van der Waals surface area contributed by atoms with Crippen molar-refractivity contribution < 1.29 is 24.2 Å². The minimum Gasteiger partial charge on any atom is -0.493 e. The number of ether oxygens (including phenoxy) is 2. The van der Waals surface area contributed by atoms with Crippen LogP contribution in [0.3, 0.4) is 0 Å². The average molecular weight is 365 g/mol. The number of para-hydroxylation sites is 1. The molecule has 1 saturated heterocycles. The molecule has 2 rings (SSSR count). The van der Waals surface area contributed by atoms with Crippen LogP contribution in [0.25, 0.3) is 0 Å². The van der Waals surface area contributed by atoms with Crippen LogP contribution in [-0.4, -0.2) is 47.3 Å². The zero-order valence-corrected chi connectivity index (χ0v) is 14.7. The predicted octanol–water partition coefficient (Wildman–Crippen LogP) is 1.88. The van der Waals surface area contributed by atoms with Gasteiger partial charge < -0.3 is 19.9 Å². The lowest BCUT2D eigenvalue weighted by molar-refractivity contribution is -0.138. The first-order chi connectivity index (χ1) is 12.0. The highest BCUT2D eigenvalue weighted by Gasteiger charge is 2.32. The molecular weight excluding hydrogens is 346 g/mol. The highest BCUT2D eigenvalue weighted by molar-refractivity contribution is 8.15. The summed E-state index contributed by atoms with van der Waals surface area (Å²) in [5.41, 5.74) is 0.688. The summed E-state index contributed by atoms with van der Waals surface area (Å²) >= 11 is 1.05. The summed E-state index contributed by atoms with van der Waals surface area (Å²) in [5.74, 6) is -0.251. The molecule has 1 fully saturated rings. The van der Waals surface area contributed by atoms with Crippen LogP contribution in [0.15, 0.2) is 28.4 Å². The van der Waals surface area contributed by atoms with Gasteiger partial charge in [-0.25, -0.2) is 0 Å². The quantitative estimate of drug-likeness (QED) is 0.538. The Morgan fingerprint density at radius 3 is 2.96 bits per heavy atom. The number of rotatable bonds is 8. The van der Waals surface area contributed by atoms with Crippen LogP contribution in [-0.2, 0) is 9.59 Å². The van der Waals surface area contributed by atoms with E-state index in [1.165, 1.54) is 6.21 Å². The van der Waals surface area contributed by atoms with E-state index in [-0.39, 0.29) is 17.5 Å². The van der Waals surface area contributed by atoms with Gasteiger partial charge in [-0.15, -0.1) is 5.10 Å². The molecule has 25 heavy (non-hydrogen) atoms. The van der Waals surface area contributed by atoms with Crippen molar-refractivity contribution in [1.29, 1.82) is 0 Å². The van der Waals surface area contributed by atoms with Gasteiger partial charge >= 0.3 is 5.97 Å². The van der Waals surface area contributed by atoms with Gasteiger partial charge in [0.2, 0.25) is 5.91 Å². The number of carbonyl (C=O) groups excluding carboxylic acids is 1. The molecule has 1 atom stereocenters. The van der Waals surface area contributed by atoms with Gasteiger partial charge in [-0.2, -0.15) is 5.10 Å². The van der Waals surface area contributed by atoms with Gasteiger partial charge in [-0.3, -0.25) is 9.59 Å². The molecule has 1 aliphatic rings. The number of nitrogens with one attached hydrogen (secondary N) is 1. The highest BCUT2D eigenvalue weighted by atomic mass is 32.2. The molecule has 0 spiro atoms. The number of amides is 1. The molecule has 2 N–H and O–H groups in total. The van der Waals surface area contributed by atoms with Crippen LogP contribution in [0.2, 0.25) is 0 Å². The van der Waals surface area contributed by atoms with Crippen LogP contribution in [0.5, 0.6) is 11.5 Å². The van der Waals surface area contributed by atoms with Gasteiger partial charge in [0.15, 0.2) is 16.7 Å². The summed E-state index contributed by atoms with van der Waals surface area (Å²) in [6.45, 7) is 2.54. The SMILES string of the molecule is CCCOc1c(C=NN=C2NC(=O)C(CC(=O)O)S2)cccc1OC. The van der Waals surface area contributed by atoms with E-state index >= 15 is 0 Å². The first-order valence-electron chi connectivity index (χ1n) is 7.65. The number of aliphatic carboxylic acids is 1. The van der Waals surface area contributed by atoms with Crippen LogP contribution in [0, 0.1) is 0 Å². The van der Waals surface area contributed by atoms with E-state index in [1.54, 1.807) is 19.2 Å². The van der Waals surface area contributed by atoms with Crippen molar-refractivity contribution in [3.05, 3.63) is 23.8 Å². The standard InChI is InChI=1S/C16H19N3O5S/c1-3-7-24-14-10(5-4-6-11(14)23-2)9-17-19-16-18-15(22)12(25-16)8-13(20)21/h4-6,9,12H,3,7-8H2,1-2H3,(H,20,21)(H,18,19,22). The summed E-state index contributed by atoms with van der Waals surface area (Å²) in [6, 6.07) is 5.41. The lowest BCUT2D eigenvalue weighted by Crippen LogP contribution is -2.26. The van der Waals surface area contributed by atoms with E-state index in [0.717, 1.165) is 18.2 Å². The Labute approximate surface area is 149 Å². The van der Waals surface area contributed by atoms with E-state index in [0.29, 0.717) is 23.7 Å². The lowest BCUT2D eigenvalue weighted by atomic mass is 10.2. The fourth-order valence-electron chi connectivity index (χ4n) is 2.04. The van der Waals surface area contributed by atoms with Crippen LogP contribution in [0.1, 0.15) is 25.3 Å². The number of nitrogens with zero attached hydrogens (tertiary/aromatic N) is 2. The van der Waals surface area contributed by atoms with Gasteiger partial charge in [-0.05, 0) is 18.6 Å². The lowest BCUT2D eigenvalue weighted by Gasteiger charge is -2.12. The highest BCUT2D eigenvalue weighted by Crippen LogP contribution is 2.30. The van der Waals surface area contributed by atoms with E-state index in [4.69, 9.17) is 14.6 Å². The topological polar surface area (TPSA) is 110 Å². The predicted molar refractivity (Wildman–Crippen MR) is 95.6 cm³/mol. The largest absolute Gasteiger partial charge is 0.493 e. The number of amidine groups is 1. The molecule has 0 saturated carbocycles. The number of benzene rings is 1. The summed E-state index contributed by atoms with van der Waals surface area (Å²) < 4.78 is 11.0. The number of hydrogen-bond donors (Lipinski definition) is 2. The molecule has 1 amide bonds. The van der Waals surface area contributed by atoms with E-state index in [2.05, 4.69) is 15.5 Å². The maximum absolute atomic E-state index is 11.6. The van der Waals surface area contributed by atoms with Gasteiger partial charge in [0.05, 0.1) is 26.4 Å². The second kappa shape index (κ2) is 9.07. The van der Waals surface area contributed by atoms with Crippen LogP contribution in [0.4, 0.5) is 0 Å². The van der Waals surface area contributed by atoms with Crippen molar-refractivity contribution in [2.24, 2.45) is 10.2 Å². The molecule has 1 aromatic carbocycles. The monoisotopic (exact) mass is 365 g/mol. The second-order valence-corrected chi connectivity index (χ2v) is 6.26. The van der Waals surface area contributed by atoms with Crippen molar-refractivity contribution >= 4 is 35.0 Å². The minimum atomic E-state index is -1.04. The molecule has 1 unspecified atom stereocenters.